The van der Waals surface area contributed by atoms with E-state index < -0.39 is 0 Å². The number of thiophene rings is 1. The van der Waals surface area contributed by atoms with Gasteiger partial charge in [-0.05, 0) is 80.0 Å². The van der Waals surface area contributed by atoms with Gasteiger partial charge in [-0.1, -0.05) is 20.8 Å². The molecule has 1 aromatic heterocycles. The largest absolute Gasteiger partial charge is 0.316 e. The quantitative estimate of drug-likeness (QED) is 0.751. The molecular formula is C17H29NS. The summed E-state index contributed by atoms with van der Waals surface area (Å²) in [5.74, 6) is 1.59. The summed E-state index contributed by atoms with van der Waals surface area (Å²) < 4.78 is 0. The second-order valence-electron chi connectivity index (χ2n) is 6.91. The van der Waals surface area contributed by atoms with E-state index in [4.69, 9.17) is 0 Å². The van der Waals surface area contributed by atoms with Crippen LogP contribution in [-0.4, -0.2) is 13.1 Å². The van der Waals surface area contributed by atoms with Crippen LogP contribution in [0, 0.1) is 18.3 Å². The van der Waals surface area contributed by atoms with Crippen molar-refractivity contribution < 1.29 is 0 Å². The molecule has 0 bridgehead atoms. The zero-order valence-corrected chi connectivity index (χ0v) is 13.8. The van der Waals surface area contributed by atoms with Crippen LogP contribution in [0.15, 0.2) is 11.4 Å². The Balaban J connectivity index is 2.10. The first-order valence-electron chi connectivity index (χ1n) is 7.78. The number of aryl methyl sites for hydroxylation is 1. The van der Waals surface area contributed by atoms with Gasteiger partial charge in [0.2, 0.25) is 0 Å². The fourth-order valence-electron chi connectivity index (χ4n) is 3.49. The summed E-state index contributed by atoms with van der Waals surface area (Å²) in [6.07, 6.45) is 5.35. The average molecular weight is 279 g/mol. The minimum absolute atomic E-state index is 0.514. The van der Waals surface area contributed by atoms with Crippen molar-refractivity contribution in [3.8, 4) is 0 Å². The van der Waals surface area contributed by atoms with Gasteiger partial charge in [0.25, 0.3) is 0 Å². The Morgan fingerprint density at radius 1 is 1.42 bits per heavy atom. The second kappa shape index (κ2) is 6.41. The molecule has 2 atom stereocenters. The molecule has 1 saturated carbocycles. The molecule has 0 spiro atoms. The highest BCUT2D eigenvalue weighted by molar-refractivity contribution is 7.10. The molecule has 0 amide bonds. The van der Waals surface area contributed by atoms with Gasteiger partial charge in [-0.3, -0.25) is 0 Å². The molecule has 108 valence electrons. The first kappa shape index (κ1) is 15.1. The summed E-state index contributed by atoms with van der Waals surface area (Å²) in [6.45, 7) is 11.8. The predicted octanol–water partition coefficient (Wildman–Crippen LogP) is 4.97. The van der Waals surface area contributed by atoms with Crippen LogP contribution in [-0.2, 0) is 0 Å². The molecule has 19 heavy (non-hydrogen) atoms. The van der Waals surface area contributed by atoms with Crippen molar-refractivity contribution in [2.75, 3.05) is 13.1 Å². The van der Waals surface area contributed by atoms with Crippen LogP contribution in [0.2, 0.25) is 0 Å². The number of nitrogens with one attached hydrogen (secondary N) is 1. The maximum Gasteiger partial charge on any atom is 0.00491 e. The van der Waals surface area contributed by atoms with Gasteiger partial charge in [0.05, 0.1) is 0 Å². The van der Waals surface area contributed by atoms with Gasteiger partial charge in [0.1, 0.15) is 0 Å². The minimum atomic E-state index is 0.514. The molecular weight excluding hydrogens is 250 g/mol. The zero-order chi connectivity index (χ0) is 13.9. The lowest BCUT2D eigenvalue weighted by Crippen LogP contribution is -2.35. The fraction of sp³-hybridized carbons (Fsp3) is 0.765. The highest BCUT2D eigenvalue weighted by Crippen LogP contribution is 2.47. The second-order valence-corrected chi connectivity index (χ2v) is 8.03. The maximum atomic E-state index is 3.65. The Morgan fingerprint density at radius 2 is 2.21 bits per heavy atom. The first-order chi connectivity index (χ1) is 9.03. The highest BCUT2D eigenvalue weighted by Gasteiger charge is 2.36. The Hall–Kier alpha value is -0.340. The standard InChI is InChI=1S/C17H29NS/c1-5-9-18-12-14-6-8-17(3,4)11-16(14)15-7-10-19-13(15)2/h7,10,14,16,18H,5-6,8-9,11-12H2,1-4H3. The molecule has 2 unspecified atom stereocenters. The van der Waals surface area contributed by atoms with E-state index in [0.29, 0.717) is 5.41 Å². The molecule has 1 aromatic rings. The molecule has 1 aliphatic carbocycles. The van der Waals surface area contributed by atoms with E-state index in [2.05, 4.69) is 44.5 Å². The van der Waals surface area contributed by atoms with E-state index in [9.17, 15) is 0 Å². The molecule has 0 aliphatic heterocycles. The molecule has 1 nitrogen and oxygen atoms in total. The SMILES string of the molecule is CCCNCC1CCC(C)(C)CC1c1ccsc1C. The van der Waals surface area contributed by atoms with Crippen LogP contribution in [0.1, 0.15) is 62.8 Å². The molecule has 1 aliphatic rings. The Morgan fingerprint density at radius 3 is 2.84 bits per heavy atom. The van der Waals surface area contributed by atoms with Crippen molar-refractivity contribution in [1.82, 2.24) is 5.32 Å². The summed E-state index contributed by atoms with van der Waals surface area (Å²) in [4.78, 5) is 1.53. The molecule has 1 heterocycles. The van der Waals surface area contributed by atoms with E-state index in [0.717, 1.165) is 18.4 Å². The van der Waals surface area contributed by atoms with Gasteiger partial charge in [0, 0.05) is 4.88 Å². The van der Waals surface area contributed by atoms with Crippen LogP contribution < -0.4 is 5.32 Å². The summed E-state index contributed by atoms with van der Waals surface area (Å²) in [5.41, 5.74) is 2.14. The van der Waals surface area contributed by atoms with E-state index in [1.165, 1.54) is 37.1 Å². The van der Waals surface area contributed by atoms with Crippen molar-refractivity contribution in [2.24, 2.45) is 11.3 Å². The fourth-order valence-corrected chi connectivity index (χ4v) is 4.27. The summed E-state index contributed by atoms with van der Waals surface area (Å²) in [6, 6.07) is 2.37. The molecule has 1 N–H and O–H groups in total. The monoisotopic (exact) mass is 279 g/mol. The predicted molar refractivity (Wildman–Crippen MR) is 86.1 cm³/mol. The van der Waals surface area contributed by atoms with Crippen LogP contribution in [0.3, 0.4) is 0 Å². The van der Waals surface area contributed by atoms with E-state index in [1.807, 2.05) is 11.3 Å². The van der Waals surface area contributed by atoms with Gasteiger partial charge in [-0.15, -0.1) is 11.3 Å². The van der Waals surface area contributed by atoms with Crippen LogP contribution >= 0.6 is 11.3 Å². The van der Waals surface area contributed by atoms with Crippen LogP contribution in [0.5, 0.6) is 0 Å². The summed E-state index contributed by atoms with van der Waals surface area (Å²) in [5, 5.41) is 5.91. The third-order valence-electron chi connectivity index (χ3n) is 4.67. The van der Waals surface area contributed by atoms with Crippen molar-refractivity contribution in [3.05, 3.63) is 21.9 Å². The molecule has 0 saturated heterocycles. The Bertz CT molecular complexity index is 394. The van der Waals surface area contributed by atoms with Crippen LogP contribution in [0.25, 0.3) is 0 Å². The normalized spacial score (nSPS) is 26.5. The highest BCUT2D eigenvalue weighted by atomic mass is 32.1. The molecule has 0 aromatic carbocycles. The van der Waals surface area contributed by atoms with E-state index in [1.54, 1.807) is 5.56 Å². The van der Waals surface area contributed by atoms with Gasteiger partial charge in [-0.25, -0.2) is 0 Å². The van der Waals surface area contributed by atoms with Crippen molar-refractivity contribution in [1.29, 1.82) is 0 Å². The molecule has 2 heteroatoms. The Kier molecular flexibility index (Phi) is 5.08. The van der Waals surface area contributed by atoms with Gasteiger partial charge in [-0.2, -0.15) is 0 Å². The lowest BCUT2D eigenvalue weighted by atomic mass is 9.65. The van der Waals surface area contributed by atoms with E-state index >= 15 is 0 Å². The van der Waals surface area contributed by atoms with Crippen LogP contribution in [0.4, 0.5) is 0 Å². The minimum Gasteiger partial charge on any atom is -0.316 e. The van der Waals surface area contributed by atoms with Gasteiger partial charge in [0.15, 0.2) is 0 Å². The zero-order valence-electron chi connectivity index (χ0n) is 13.0. The van der Waals surface area contributed by atoms with Crippen molar-refractivity contribution in [2.45, 2.75) is 59.3 Å². The smallest absolute Gasteiger partial charge is 0.00491 e. The maximum absolute atomic E-state index is 3.65. The van der Waals surface area contributed by atoms with Gasteiger partial charge >= 0.3 is 0 Å². The Labute approximate surface area is 122 Å². The third-order valence-corrected chi connectivity index (χ3v) is 5.53. The topological polar surface area (TPSA) is 12.0 Å². The van der Waals surface area contributed by atoms with Crippen molar-refractivity contribution >= 4 is 11.3 Å². The molecule has 1 fully saturated rings. The lowest BCUT2D eigenvalue weighted by molar-refractivity contribution is 0.159. The van der Waals surface area contributed by atoms with Crippen molar-refractivity contribution in [3.63, 3.8) is 0 Å². The molecule has 0 radical (unpaired) electrons. The lowest BCUT2D eigenvalue weighted by Gasteiger charge is -2.41. The summed E-state index contributed by atoms with van der Waals surface area (Å²) in [7, 11) is 0. The van der Waals surface area contributed by atoms with Gasteiger partial charge < -0.3 is 5.32 Å². The molecule has 2 rings (SSSR count). The van der Waals surface area contributed by atoms with E-state index in [-0.39, 0.29) is 0 Å². The third kappa shape index (κ3) is 3.82. The first-order valence-corrected chi connectivity index (χ1v) is 8.66. The average Bonchev–Trinajstić information content (AvgIpc) is 2.77. The number of hydrogen-bond acceptors (Lipinski definition) is 2. The number of hydrogen-bond donors (Lipinski definition) is 1. The number of rotatable bonds is 5. The summed E-state index contributed by atoms with van der Waals surface area (Å²) >= 11 is 1.91.